The van der Waals surface area contributed by atoms with Gasteiger partial charge in [-0.3, -0.25) is 4.90 Å². The summed E-state index contributed by atoms with van der Waals surface area (Å²) in [5, 5.41) is 8.17. The number of benzene rings is 2. The first kappa shape index (κ1) is 16.1. The van der Waals surface area contributed by atoms with Crippen molar-refractivity contribution in [2.24, 2.45) is 5.14 Å². The molecule has 25 heavy (non-hydrogen) atoms. The van der Waals surface area contributed by atoms with Crippen LogP contribution in [0, 0.1) is 0 Å². The molecule has 4 rings (SSSR count). The number of urea groups is 1. The molecule has 6 nitrogen and oxygen atoms in total. The Bertz CT molecular complexity index is 970. The molecule has 0 unspecified atom stereocenters. The van der Waals surface area contributed by atoms with E-state index in [0.29, 0.717) is 24.3 Å². The van der Waals surface area contributed by atoms with Gasteiger partial charge in [0.25, 0.3) is 0 Å². The number of rotatable bonds is 3. The van der Waals surface area contributed by atoms with Gasteiger partial charge in [-0.15, -0.1) is 0 Å². The van der Waals surface area contributed by atoms with Crippen LogP contribution in [0.5, 0.6) is 0 Å². The number of primary sulfonamides is 1. The lowest BCUT2D eigenvalue weighted by atomic mass is 10.00. The molecule has 2 amide bonds. The molecule has 1 aliphatic heterocycles. The van der Waals surface area contributed by atoms with Crippen molar-refractivity contribution < 1.29 is 13.2 Å². The summed E-state index contributed by atoms with van der Waals surface area (Å²) < 4.78 is 24.1. The van der Waals surface area contributed by atoms with Gasteiger partial charge in [0.05, 0.1) is 4.90 Å². The van der Waals surface area contributed by atoms with Crippen molar-refractivity contribution in [3.8, 4) is 11.1 Å². The molecule has 1 saturated heterocycles. The van der Waals surface area contributed by atoms with Crippen LogP contribution in [-0.4, -0.2) is 27.5 Å². The van der Waals surface area contributed by atoms with Gasteiger partial charge in [0, 0.05) is 24.3 Å². The van der Waals surface area contributed by atoms with Gasteiger partial charge in [-0.25, -0.2) is 18.4 Å². The van der Waals surface area contributed by atoms with Crippen LogP contribution in [0.15, 0.2) is 41.3 Å². The normalized spacial score (nSPS) is 16.8. The summed E-state index contributed by atoms with van der Waals surface area (Å²) in [6.07, 6.45) is 3.18. The van der Waals surface area contributed by atoms with Crippen LogP contribution in [-0.2, 0) is 22.9 Å². The molecule has 2 aliphatic rings. The van der Waals surface area contributed by atoms with Gasteiger partial charge >= 0.3 is 6.03 Å². The highest BCUT2D eigenvalue weighted by Crippen LogP contribution is 2.34. The molecule has 0 aromatic heterocycles. The monoisotopic (exact) mass is 357 g/mol. The average Bonchev–Trinajstić information content (AvgIpc) is 3.21. The number of nitrogens with zero attached hydrogens (tertiary/aromatic N) is 1. The molecule has 0 atom stereocenters. The Kier molecular flexibility index (Phi) is 3.77. The molecule has 1 aliphatic carbocycles. The molecular formula is C18H19N3O3S. The minimum Gasteiger partial charge on any atom is -0.336 e. The Balaban J connectivity index is 1.87. The van der Waals surface area contributed by atoms with Gasteiger partial charge in [-0.2, -0.15) is 0 Å². The topological polar surface area (TPSA) is 92.5 Å². The van der Waals surface area contributed by atoms with E-state index in [-0.39, 0.29) is 10.9 Å². The molecule has 2 aromatic rings. The van der Waals surface area contributed by atoms with Crippen LogP contribution >= 0.6 is 0 Å². The number of fused-ring (bicyclic) bond motifs is 1. The molecular weight excluding hydrogens is 338 g/mol. The molecule has 3 N–H and O–H groups in total. The maximum Gasteiger partial charge on any atom is 0.321 e. The minimum atomic E-state index is -3.87. The first-order chi connectivity index (χ1) is 11.9. The average molecular weight is 357 g/mol. The lowest BCUT2D eigenvalue weighted by Gasteiger charge is -2.17. The SMILES string of the molecule is NS(=O)(=O)c1ccc(N2CCNC2=O)cc1-c1ccc2c(c1)CCC2. The molecule has 130 valence electrons. The second-order valence-electron chi connectivity index (χ2n) is 6.45. The molecule has 1 fully saturated rings. The molecule has 1 heterocycles. The number of nitrogens with one attached hydrogen (secondary N) is 1. The number of aryl methyl sites for hydroxylation is 2. The molecule has 0 radical (unpaired) electrons. The molecule has 2 aromatic carbocycles. The van der Waals surface area contributed by atoms with Crippen molar-refractivity contribution >= 4 is 21.7 Å². The Morgan fingerprint density at radius 3 is 2.56 bits per heavy atom. The Labute approximate surface area is 146 Å². The first-order valence-corrected chi connectivity index (χ1v) is 9.82. The zero-order valence-corrected chi connectivity index (χ0v) is 14.5. The van der Waals surface area contributed by atoms with Gasteiger partial charge in [-0.05, 0) is 54.2 Å². The first-order valence-electron chi connectivity index (χ1n) is 8.28. The molecule has 7 heteroatoms. The summed E-state index contributed by atoms with van der Waals surface area (Å²) in [7, 11) is -3.87. The Morgan fingerprint density at radius 2 is 1.84 bits per heavy atom. The molecule has 0 spiro atoms. The number of carbonyl (C=O) groups excluding carboxylic acids is 1. The van der Waals surface area contributed by atoms with E-state index in [1.807, 2.05) is 12.1 Å². The minimum absolute atomic E-state index is 0.0776. The second kappa shape index (κ2) is 5.86. The number of hydrogen-bond acceptors (Lipinski definition) is 3. The van der Waals surface area contributed by atoms with Gasteiger partial charge in [0.2, 0.25) is 10.0 Å². The van der Waals surface area contributed by atoms with Crippen LogP contribution in [0.1, 0.15) is 17.5 Å². The standard InChI is InChI=1S/C18H19N3O3S/c19-25(23,24)17-7-6-15(21-9-8-20-18(21)22)11-16(17)14-5-4-12-2-1-3-13(12)10-14/h4-7,10-11H,1-3,8-9H2,(H,20,22)(H2,19,23,24). The van der Waals surface area contributed by atoms with E-state index in [1.54, 1.807) is 17.0 Å². The lowest BCUT2D eigenvalue weighted by molar-refractivity contribution is 0.252. The summed E-state index contributed by atoms with van der Waals surface area (Å²) in [5.74, 6) is 0. The van der Waals surface area contributed by atoms with Crippen LogP contribution in [0.25, 0.3) is 11.1 Å². The van der Waals surface area contributed by atoms with Crippen molar-refractivity contribution in [2.75, 3.05) is 18.0 Å². The number of carbonyl (C=O) groups is 1. The number of hydrogen-bond donors (Lipinski definition) is 2. The van der Waals surface area contributed by atoms with Crippen molar-refractivity contribution in [2.45, 2.75) is 24.2 Å². The summed E-state index contributed by atoms with van der Waals surface area (Å²) in [4.78, 5) is 13.6. The van der Waals surface area contributed by atoms with Crippen LogP contribution < -0.4 is 15.4 Å². The maximum absolute atomic E-state index is 12.0. The van der Waals surface area contributed by atoms with E-state index < -0.39 is 10.0 Å². The maximum atomic E-state index is 12.0. The highest BCUT2D eigenvalue weighted by Gasteiger charge is 2.24. The molecule has 0 bridgehead atoms. The largest absolute Gasteiger partial charge is 0.336 e. The summed E-state index contributed by atoms with van der Waals surface area (Å²) in [6, 6.07) is 10.7. The van der Waals surface area contributed by atoms with Gasteiger partial charge in [0.1, 0.15) is 0 Å². The zero-order valence-electron chi connectivity index (χ0n) is 13.7. The quantitative estimate of drug-likeness (QED) is 0.880. The Hall–Kier alpha value is -2.38. The third-order valence-electron chi connectivity index (χ3n) is 4.85. The summed E-state index contributed by atoms with van der Waals surface area (Å²) >= 11 is 0. The number of anilines is 1. The highest BCUT2D eigenvalue weighted by molar-refractivity contribution is 7.89. The fraction of sp³-hybridized carbons (Fsp3) is 0.278. The van der Waals surface area contributed by atoms with Crippen molar-refractivity contribution in [3.63, 3.8) is 0 Å². The van der Waals surface area contributed by atoms with Crippen molar-refractivity contribution in [1.82, 2.24) is 5.32 Å². The van der Waals surface area contributed by atoms with E-state index >= 15 is 0 Å². The van der Waals surface area contributed by atoms with Crippen molar-refractivity contribution in [1.29, 1.82) is 0 Å². The van der Waals surface area contributed by atoms with E-state index in [2.05, 4.69) is 11.4 Å². The van der Waals surface area contributed by atoms with Crippen LogP contribution in [0.4, 0.5) is 10.5 Å². The van der Waals surface area contributed by atoms with Crippen molar-refractivity contribution in [3.05, 3.63) is 47.5 Å². The predicted molar refractivity (Wildman–Crippen MR) is 96.0 cm³/mol. The zero-order chi connectivity index (χ0) is 17.6. The highest BCUT2D eigenvalue weighted by atomic mass is 32.2. The predicted octanol–water partition coefficient (Wildman–Crippen LogP) is 2.02. The molecule has 0 saturated carbocycles. The third-order valence-corrected chi connectivity index (χ3v) is 5.82. The van der Waals surface area contributed by atoms with E-state index in [1.165, 1.54) is 17.2 Å². The van der Waals surface area contributed by atoms with Gasteiger partial charge < -0.3 is 5.32 Å². The summed E-state index contributed by atoms with van der Waals surface area (Å²) in [6.45, 7) is 1.13. The number of nitrogens with two attached hydrogens (primary N) is 1. The summed E-state index contributed by atoms with van der Waals surface area (Å²) in [5.41, 5.74) is 4.58. The third kappa shape index (κ3) is 2.89. The Morgan fingerprint density at radius 1 is 1.04 bits per heavy atom. The number of amides is 2. The van der Waals surface area contributed by atoms with E-state index in [4.69, 9.17) is 5.14 Å². The second-order valence-corrected chi connectivity index (χ2v) is 7.98. The van der Waals surface area contributed by atoms with Gasteiger partial charge in [0.15, 0.2) is 0 Å². The lowest BCUT2D eigenvalue weighted by Crippen LogP contribution is -2.27. The van der Waals surface area contributed by atoms with E-state index in [9.17, 15) is 13.2 Å². The van der Waals surface area contributed by atoms with E-state index in [0.717, 1.165) is 24.8 Å². The fourth-order valence-corrected chi connectivity index (χ4v) is 4.36. The van der Waals surface area contributed by atoms with Crippen LogP contribution in [0.2, 0.25) is 0 Å². The number of sulfonamides is 1. The van der Waals surface area contributed by atoms with Gasteiger partial charge in [-0.1, -0.05) is 18.2 Å². The fourth-order valence-electron chi connectivity index (χ4n) is 3.62. The smallest absolute Gasteiger partial charge is 0.321 e. The van der Waals surface area contributed by atoms with Crippen LogP contribution in [0.3, 0.4) is 0 Å².